The van der Waals surface area contributed by atoms with Gasteiger partial charge in [0.25, 0.3) is 5.88 Å². The lowest BCUT2D eigenvalue weighted by atomic mass is 9.80. The van der Waals surface area contributed by atoms with Gasteiger partial charge in [0.15, 0.2) is 27.5 Å². The Hall–Kier alpha value is -5.17. The Balaban J connectivity index is 0.000000174. The average molecular weight is 801 g/mol. The first-order chi connectivity index (χ1) is 26.8. The summed E-state index contributed by atoms with van der Waals surface area (Å²) in [6.07, 6.45) is 8.94. The second kappa shape index (κ2) is 15.0. The van der Waals surface area contributed by atoms with Crippen LogP contribution in [0.3, 0.4) is 0 Å². The van der Waals surface area contributed by atoms with Gasteiger partial charge in [0.1, 0.15) is 11.1 Å². The first kappa shape index (κ1) is 40.0. The third-order valence-electron chi connectivity index (χ3n) is 11.2. The molecule has 4 aliphatic rings. The van der Waals surface area contributed by atoms with Gasteiger partial charge in [-0.1, -0.05) is 53.1 Å². The molecule has 2 aliphatic heterocycles. The molecule has 0 amide bonds. The largest absolute Gasteiger partial charge is 0.490 e. The Morgan fingerprint density at radius 2 is 1.14 bits per heavy atom. The Morgan fingerprint density at radius 1 is 0.719 bits per heavy atom. The highest BCUT2D eigenvalue weighted by Gasteiger charge is 2.37. The number of hydrogen-bond donors (Lipinski definition) is 2. The maximum absolute atomic E-state index is 12.4. The van der Waals surface area contributed by atoms with Crippen molar-refractivity contribution in [1.29, 1.82) is 0 Å². The predicted molar refractivity (Wildman–Crippen MR) is 214 cm³/mol. The lowest BCUT2D eigenvalue weighted by molar-refractivity contribution is 0.0683. The van der Waals surface area contributed by atoms with Crippen LogP contribution >= 0.6 is 11.6 Å². The highest BCUT2D eigenvalue weighted by Crippen LogP contribution is 2.46. The van der Waals surface area contributed by atoms with Gasteiger partial charge in [-0.25, -0.2) is 19.6 Å². The van der Waals surface area contributed by atoms with E-state index in [1.54, 1.807) is 7.11 Å². The van der Waals surface area contributed by atoms with Crippen LogP contribution < -0.4 is 25.1 Å². The van der Waals surface area contributed by atoms with Crippen molar-refractivity contribution in [3.63, 3.8) is 0 Å². The van der Waals surface area contributed by atoms with Crippen LogP contribution in [0.1, 0.15) is 111 Å². The molecule has 0 unspecified atom stereocenters. The van der Waals surface area contributed by atoms with Crippen molar-refractivity contribution in [3.8, 4) is 40.2 Å². The minimum Gasteiger partial charge on any atom is -0.490 e. The molecule has 13 nitrogen and oxygen atoms in total. The van der Waals surface area contributed by atoms with Crippen molar-refractivity contribution in [2.45, 2.75) is 92.2 Å². The molecular formula is C43H49ClN4O9. The molecule has 4 aromatic heterocycles. The lowest BCUT2D eigenvalue weighted by Crippen LogP contribution is -2.33. The molecule has 302 valence electrons. The van der Waals surface area contributed by atoms with Crippen LogP contribution in [-0.4, -0.2) is 61.6 Å². The number of nitrogens with zero attached hydrogens (tertiary/aromatic N) is 4. The Bertz CT molecular complexity index is 2380. The van der Waals surface area contributed by atoms with Crippen molar-refractivity contribution >= 4 is 23.5 Å². The summed E-state index contributed by atoms with van der Waals surface area (Å²) in [5.41, 5.74) is 2.51. The summed E-state index contributed by atoms with van der Waals surface area (Å²) in [6.45, 7) is 13.9. The second-order valence-corrected chi connectivity index (χ2v) is 18.1. The van der Waals surface area contributed by atoms with Gasteiger partial charge in [-0.3, -0.25) is 9.59 Å². The van der Waals surface area contributed by atoms with E-state index in [1.807, 2.05) is 21.3 Å². The van der Waals surface area contributed by atoms with Gasteiger partial charge >= 0.3 is 11.9 Å². The molecule has 14 heteroatoms. The number of carbonyl (C=O) groups is 2. The lowest BCUT2D eigenvalue weighted by Gasteiger charge is -2.38. The number of methoxy groups -OCH3 is 1. The summed E-state index contributed by atoms with van der Waals surface area (Å²) in [4.78, 5) is 56.9. The summed E-state index contributed by atoms with van der Waals surface area (Å²) in [5.74, 6) is 0.309. The number of aromatic carboxylic acids is 2. The van der Waals surface area contributed by atoms with E-state index in [1.165, 1.54) is 50.2 Å². The molecule has 2 saturated carbocycles. The van der Waals surface area contributed by atoms with Gasteiger partial charge in [0.05, 0.1) is 43.1 Å². The van der Waals surface area contributed by atoms with Gasteiger partial charge < -0.3 is 33.6 Å². The first-order valence-electron chi connectivity index (χ1n) is 19.4. The fraction of sp³-hybridized carbons (Fsp3) is 0.488. The van der Waals surface area contributed by atoms with Gasteiger partial charge in [-0.05, 0) is 84.5 Å². The molecule has 4 aromatic rings. The summed E-state index contributed by atoms with van der Waals surface area (Å²) in [7, 11) is 1.54. The minimum absolute atomic E-state index is 0.0322. The number of ether oxygens (including phenoxy) is 3. The number of pyridine rings is 4. The number of rotatable bonds is 9. The Labute approximate surface area is 335 Å². The molecule has 0 saturated heterocycles. The highest BCUT2D eigenvalue weighted by molar-refractivity contribution is 6.31. The minimum atomic E-state index is -1.23. The quantitative estimate of drug-likeness (QED) is 0.159. The molecule has 8 rings (SSSR count). The zero-order valence-corrected chi connectivity index (χ0v) is 34.1. The van der Waals surface area contributed by atoms with Crippen LogP contribution in [0, 0.1) is 22.7 Å². The molecule has 2 N–H and O–H groups in total. The molecule has 2 atom stereocenters. The summed E-state index contributed by atoms with van der Waals surface area (Å²) < 4.78 is 21.0. The van der Waals surface area contributed by atoms with Gasteiger partial charge in [0, 0.05) is 36.6 Å². The van der Waals surface area contributed by atoms with E-state index in [9.17, 15) is 29.4 Å². The number of halogens is 1. The number of hydrogen-bond acceptors (Lipinski definition) is 9. The van der Waals surface area contributed by atoms with E-state index in [0.717, 1.165) is 11.1 Å². The van der Waals surface area contributed by atoms with Crippen molar-refractivity contribution in [2.75, 3.05) is 20.3 Å². The second-order valence-electron chi connectivity index (χ2n) is 17.8. The van der Waals surface area contributed by atoms with Crippen LogP contribution in [0.4, 0.5) is 0 Å². The van der Waals surface area contributed by atoms with E-state index in [2.05, 4.69) is 51.5 Å². The Morgan fingerprint density at radius 3 is 1.54 bits per heavy atom. The predicted octanol–water partition coefficient (Wildman–Crippen LogP) is 7.74. The number of aromatic nitrogens is 4. The van der Waals surface area contributed by atoms with Crippen molar-refractivity contribution < 1.29 is 34.0 Å². The van der Waals surface area contributed by atoms with E-state index >= 15 is 0 Å². The van der Waals surface area contributed by atoms with Gasteiger partial charge in [-0.2, -0.15) is 0 Å². The van der Waals surface area contributed by atoms with Gasteiger partial charge in [0.2, 0.25) is 0 Å². The SMILES string of the molecule is CC(C)(C)[C@@H]1Cc2cc(OCC3CC3)c(Cl)nc2-c2cc(=O)c(C(=O)O)cn21.COc1nc2c(cc1OCC1CC1)C[C@@H](C(C)(C)C)n1cc(C(=O)O)c(=O)cc1-2. The molecule has 2 aliphatic carbocycles. The molecular weight excluding hydrogens is 752 g/mol. The third-order valence-corrected chi connectivity index (χ3v) is 11.5. The molecule has 57 heavy (non-hydrogen) atoms. The van der Waals surface area contributed by atoms with E-state index in [-0.39, 0.29) is 39.2 Å². The van der Waals surface area contributed by atoms with Gasteiger partial charge in [-0.15, -0.1) is 0 Å². The van der Waals surface area contributed by atoms with Crippen LogP contribution in [0.2, 0.25) is 5.15 Å². The molecule has 0 aromatic carbocycles. The number of carboxylic acid groups (broad SMARTS) is 2. The number of carboxylic acids is 2. The molecule has 0 bridgehead atoms. The monoisotopic (exact) mass is 800 g/mol. The Kier molecular flexibility index (Phi) is 10.5. The summed E-state index contributed by atoms with van der Waals surface area (Å²) in [5, 5.41) is 19.0. The molecule has 2 fully saturated rings. The summed E-state index contributed by atoms with van der Waals surface area (Å²) >= 11 is 6.36. The maximum atomic E-state index is 12.4. The van der Waals surface area contributed by atoms with Crippen LogP contribution in [0.5, 0.6) is 17.4 Å². The van der Waals surface area contributed by atoms with Crippen LogP contribution in [0.15, 0.2) is 46.2 Å². The summed E-state index contributed by atoms with van der Waals surface area (Å²) in [6, 6.07) is 6.54. The molecule has 0 radical (unpaired) electrons. The zero-order chi connectivity index (χ0) is 41.1. The van der Waals surface area contributed by atoms with Crippen LogP contribution in [-0.2, 0) is 12.8 Å². The van der Waals surface area contributed by atoms with Crippen molar-refractivity contribution in [2.24, 2.45) is 22.7 Å². The van der Waals surface area contributed by atoms with Crippen molar-refractivity contribution in [3.05, 3.63) is 84.5 Å². The van der Waals surface area contributed by atoms with Crippen LogP contribution in [0.25, 0.3) is 22.8 Å². The standard InChI is InChI=1S/C22H26N2O5.C21H23ClN2O4/c1-22(2,3)18-8-13-7-17(29-11-12-5-6-12)20(28-4)23-19(13)15-9-16(25)14(21(26)27)10-24(15)18;1-21(2,3)17-7-12-6-16(28-10-11-4-5-11)19(22)23-18(12)14-8-15(25)13(20(26)27)9-24(14)17/h7,9-10,12,18H,5-6,8,11H2,1-4H3,(H,26,27);6,8-9,11,17H,4-5,7,10H2,1-3H3,(H,26,27)/t18-;17-/m00/s1. The first-order valence-corrected chi connectivity index (χ1v) is 19.7. The topological polar surface area (TPSA) is 172 Å². The van der Waals surface area contributed by atoms with E-state index < -0.39 is 22.8 Å². The number of fused-ring (bicyclic) bond motifs is 6. The van der Waals surface area contributed by atoms with E-state index in [0.29, 0.717) is 78.0 Å². The molecule has 6 heterocycles. The third kappa shape index (κ3) is 8.30. The smallest absolute Gasteiger partial charge is 0.341 e. The fourth-order valence-electron chi connectivity index (χ4n) is 7.49. The zero-order valence-electron chi connectivity index (χ0n) is 33.3. The maximum Gasteiger partial charge on any atom is 0.341 e. The normalized spacial score (nSPS) is 18.2. The van der Waals surface area contributed by atoms with Crippen molar-refractivity contribution in [1.82, 2.24) is 19.1 Å². The average Bonchev–Trinajstić information content (AvgIpc) is 4.07. The fourth-order valence-corrected chi connectivity index (χ4v) is 7.69. The molecule has 0 spiro atoms. The highest BCUT2D eigenvalue weighted by atomic mass is 35.5. The van der Waals surface area contributed by atoms with E-state index in [4.69, 9.17) is 25.8 Å².